The second-order valence-electron chi connectivity index (χ2n) is 10.5. The molecule has 0 fully saturated rings. The Hall–Kier alpha value is -2.04. The molecule has 0 bridgehead atoms. The van der Waals surface area contributed by atoms with E-state index in [0.717, 1.165) is 24.8 Å². The number of nitrogens with two attached hydrogens (primary N) is 1. The number of unbranched alkanes of at least 4 members (excludes halogenated alkanes) is 19. The molecule has 0 heterocycles. The average molecular weight is 503 g/mol. The summed E-state index contributed by atoms with van der Waals surface area (Å²) in [5.74, 6) is -1.37. The maximum atomic E-state index is 12.1. The van der Waals surface area contributed by atoms with Crippen molar-refractivity contribution >= 4 is 11.8 Å². The molecule has 0 spiro atoms. The number of nitrogens with zero attached hydrogens (tertiary/aromatic N) is 1. The fourth-order valence-electron chi connectivity index (χ4n) is 4.79. The van der Waals surface area contributed by atoms with Crippen LogP contribution < -0.4 is 5.73 Å². The molecule has 5 heteroatoms. The molecular formula is C31H54N2O3. The summed E-state index contributed by atoms with van der Waals surface area (Å²) in [5, 5.41) is 9.42. The Morgan fingerprint density at radius 1 is 0.639 bits per heavy atom. The second kappa shape index (κ2) is 22.2. The normalized spacial score (nSPS) is 11.0. The highest BCUT2D eigenvalue weighted by molar-refractivity contribution is 6.34. The van der Waals surface area contributed by atoms with Gasteiger partial charge in [-0.2, -0.15) is 0 Å². The summed E-state index contributed by atoms with van der Waals surface area (Å²) in [6.45, 7) is 3.14. The summed E-state index contributed by atoms with van der Waals surface area (Å²) in [6, 6.07) is 6.68. The van der Waals surface area contributed by atoms with Gasteiger partial charge in [0.15, 0.2) is 0 Å². The van der Waals surface area contributed by atoms with Gasteiger partial charge in [0.25, 0.3) is 0 Å². The Bertz CT molecular complexity index is 675. The van der Waals surface area contributed by atoms with E-state index in [0.29, 0.717) is 13.1 Å². The lowest BCUT2D eigenvalue weighted by Crippen LogP contribution is -2.40. The maximum absolute atomic E-state index is 12.1. The van der Waals surface area contributed by atoms with Crippen LogP contribution in [0.15, 0.2) is 24.3 Å². The number of rotatable bonds is 23. The SMILES string of the molecule is CCCCCCCCCCCCCCCCCCCCCCN(Cc1ccc(O)cc1)C(=O)C(N)=O. The standard InChI is InChI=1S/C31H54N2O3/c1-2-3-4-5-6-7-8-9-10-11-12-13-14-15-16-17-18-19-20-21-26-33(31(36)30(32)35)27-28-22-24-29(34)25-23-28/h22-25,34H,2-21,26-27H2,1H3,(H2,32,35). The summed E-state index contributed by atoms with van der Waals surface area (Å²) >= 11 is 0. The summed E-state index contributed by atoms with van der Waals surface area (Å²) in [4.78, 5) is 25.1. The zero-order valence-corrected chi connectivity index (χ0v) is 23.2. The van der Waals surface area contributed by atoms with Crippen molar-refractivity contribution in [2.24, 2.45) is 5.73 Å². The first-order valence-corrected chi connectivity index (χ1v) is 14.9. The molecule has 1 aromatic carbocycles. The van der Waals surface area contributed by atoms with E-state index < -0.39 is 11.8 Å². The third-order valence-corrected chi connectivity index (χ3v) is 7.09. The van der Waals surface area contributed by atoms with Gasteiger partial charge in [-0.25, -0.2) is 0 Å². The van der Waals surface area contributed by atoms with Crippen LogP contribution in [0.5, 0.6) is 5.75 Å². The second-order valence-corrected chi connectivity index (χ2v) is 10.5. The summed E-state index contributed by atoms with van der Waals surface area (Å²) in [7, 11) is 0. The number of carbonyl (C=O) groups excluding carboxylic acids is 2. The van der Waals surface area contributed by atoms with Crippen LogP contribution >= 0.6 is 0 Å². The molecule has 2 amide bonds. The molecule has 1 aromatic rings. The molecule has 0 aliphatic heterocycles. The molecule has 0 unspecified atom stereocenters. The first-order chi connectivity index (χ1) is 17.5. The van der Waals surface area contributed by atoms with Crippen molar-refractivity contribution in [3.8, 4) is 5.75 Å². The minimum Gasteiger partial charge on any atom is -0.508 e. The van der Waals surface area contributed by atoms with Crippen LogP contribution in [0.4, 0.5) is 0 Å². The first kappa shape index (κ1) is 32.0. The highest BCUT2D eigenvalue weighted by atomic mass is 16.3. The molecule has 0 aliphatic rings. The minimum atomic E-state index is -0.915. The van der Waals surface area contributed by atoms with Crippen LogP contribution in [0, 0.1) is 0 Å². The molecule has 206 valence electrons. The molecule has 0 aliphatic carbocycles. The number of amides is 2. The Morgan fingerprint density at radius 2 is 1.00 bits per heavy atom. The molecule has 1 rings (SSSR count). The Morgan fingerprint density at radius 3 is 1.36 bits per heavy atom. The van der Waals surface area contributed by atoms with Crippen molar-refractivity contribution < 1.29 is 14.7 Å². The van der Waals surface area contributed by atoms with E-state index in [9.17, 15) is 14.7 Å². The zero-order valence-electron chi connectivity index (χ0n) is 23.2. The molecule has 0 saturated heterocycles. The van der Waals surface area contributed by atoms with E-state index in [4.69, 9.17) is 5.73 Å². The molecule has 0 radical (unpaired) electrons. The minimum absolute atomic E-state index is 0.181. The van der Waals surface area contributed by atoms with Gasteiger partial charge in [-0.1, -0.05) is 141 Å². The van der Waals surface area contributed by atoms with E-state index >= 15 is 0 Å². The van der Waals surface area contributed by atoms with Gasteiger partial charge in [-0.15, -0.1) is 0 Å². The number of benzene rings is 1. The lowest BCUT2D eigenvalue weighted by molar-refractivity contribution is -0.144. The number of primary amides is 1. The number of hydrogen-bond donors (Lipinski definition) is 2. The van der Waals surface area contributed by atoms with Gasteiger partial charge in [0.2, 0.25) is 0 Å². The summed E-state index contributed by atoms with van der Waals surface area (Å²) in [6.07, 6.45) is 26.7. The summed E-state index contributed by atoms with van der Waals surface area (Å²) in [5.41, 5.74) is 6.09. The predicted octanol–water partition coefficient (Wildman–Crippen LogP) is 8.03. The van der Waals surface area contributed by atoms with Crippen LogP contribution in [-0.2, 0) is 16.1 Å². The molecule has 0 atom stereocenters. The van der Waals surface area contributed by atoms with Crippen molar-refractivity contribution in [3.05, 3.63) is 29.8 Å². The van der Waals surface area contributed by atoms with E-state index in [2.05, 4.69) is 6.92 Å². The van der Waals surface area contributed by atoms with Gasteiger partial charge in [0, 0.05) is 13.1 Å². The van der Waals surface area contributed by atoms with Crippen molar-refractivity contribution in [1.82, 2.24) is 4.90 Å². The van der Waals surface area contributed by atoms with Gasteiger partial charge >= 0.3 is 11.8 Å². The monoisotopic (exact) mass is 502 g/mol. The van der Waals surface area contributed by atoms with Crippen LogP contribution in [0.3, 0.4) is 0 Å². The quantitative estimate of drug-likeness (QED) is 0.117. The lowest BCUT2D eigenvalue weighted by atomic mass is 10.0. The largest absolute Gasteiger partial charge is 0.508 e. The van der Waals surface area contributed by atoms with Crippen LogP contribution in [0.2, 0.25) is 0 Å². The first-order valence-electron chi connectivity index (χ1n) is 14.9. The van der Waals surface area contributed by atoms with Crippen LogP contribution in [0.25, 0.3) is 0 Å². The van der Waals surface area contributed by atoms with Gasteiger partial charge in [0.05, 0.1) is 0 Å². The van der Waals surface area contributed by atoms with Crippen molar-refractivity contribution in [3.63, 3.8) is 0 Å². The smallest absolute Gasteiger partial charge is 0.311 e. The molecule has 36 heavy (non-hydrogen) atoms. The Kier molecular flexibility index (Phi) is 19.7. The van der Waals surface area contributed by atoms with Crippen molar-refractivity contribution in [2.45, 2.75) is 142 Å². The number of hydrogen-bond acceptors (Lipinski definition) is 3. The number of carbonyl (C=O) groups is 2. The van der Waals surface area contributed by atoms with E-state index in [-0.39, 0.29) is 5.75 Å². The third-order valence-electron chi connectivity index (χ3n) is 7.09. The fourth-order valence-corrected chi connectivity index (χ4v) is 4.79. The maximum Gasteiger partial charge on any atom is 0.311 e. The number of phenolic OH excluding ortho intramolecular Hbond substituents is 1. The highest BCUT2D eigenvalue weighted by Crippen LogP contribution is 2.16. The number of phenols is 1. The fraction of sp³-hybridized carbons (Fsp3) is 0.742. The molecular weight excluding hydrogens is 448 g/mol. The molecule has 5 nitrogen and oxygen atoms in total. The van der Waals surface area contributed by atoms with Gasteiger partial charge in [-0.05, 0) is 24.1 Å². The topological polar surface area (TPSA) is 83.6 Å². The lowest BCUT2D eigenvalue weighted by Gasteiger charge is -2.21. The van der Waals surface area contributed by atoms with Crippen LogP contribution in [0.1, 0.15) is 141 Å². The van der Waals surface area contributed by atoms with E-state index in [1.165, 1.54) is 114 Å². The molecule has 0 saturated carbocycles. The van der Waals surface area contributed by atoms with Gasteiger partial charge < -0.3 is 15.7 Å². The number of aromatic hydroxyl groups is 1. The van der Waals surface area contributed by atoms with Crippen LogP contribution in [-0.4, -0.2) is 28.4 Å². The Balaban J connectivity index is 1.94. The molecule has 3 N–H and O–H groups in total. The van der Waals surface area contributed by atoms with E-state index in [1.807, 2.05) is 0 Å². The van der Waals surface area contributed by atoms with Crippen molar-refractivity contribution in [1.29, 1.82) is 0 Å². The highest BCUT2D eigenvalue weighted by Gasteiger charge is 2.18. The molecule has 0 aromatic heterocycles. The van der Waals surface area contributed by atoms with E-state index in [1.54, 1.807) is 24.3 Å². The van der Waals surface area contributed by atoms with Gasteiger partial charge in [-0.3, -0.25) is 9.59 Å². The third kappa shape index (κ3) is 17.4. The average Bonchev–Trinajstić information content (AvgIpc) is 2.87. The summed E-state index contributed by atoms with van der Waals surface area (Å²) < 4.78 is 0. The zero-order chi connectivity index (χ0) is 26.3. The Labute approximate surface area is 221 Å². The van der Waals surface area contributed by atoms with Crippen molar-refractivity contribution in [2.75, 3.05) is 6.54 Å². The van der Waals surface area contributed by atoms with Gasteiger partial charge in [0.1, 0.15) is 5.75 Å². The predicted molar refractivity (Wildman–Crippen MR) is 151 cm³/mol.